The summed E-state index contributed by atoms with van der Waals surface area (Å²) in [7, 11) is 3.22. The van der Waals surface area contributed by atoms with E-state index in [2.05, 4.69) is 4.99 Å². The minimum Gasteiger partial charge on any atom is -0.444 e. The van der Waals surface area contributed by atoms with Gasteiger partial charge in [0.2, 0.25) is 4.80 Å². The van der Waals surface area contributed by atoms with Crippen LogP contribution in [0.3, 0.4) is 0 Å². The molecule has 0 aliphatic carbocycles. The maximum absolute atomic E-state index is 12.6. The number of carbonyl (C=O) groups excluding carboxylic acids is 2. The number of aromatic nitrogens is 1. The van der Waals surface area contributed by atoms with Crippen LogP contribution < -0.4 is 4.80 Å². The van der Waals surface area contributed by atoms with E-state index in [0.717, 1.165) is 10.3 Å². The Bertz CT molecular complexity index is 974. The van der Waals surface area contributed by atoms with Crippen molar-refractivity contribution in [1.82, 2.24) is 9.47 Å². The zero-order valence-corrected chi connectivity index (χ0v) is 14.7. The maximum atomic E-state index is 12.6. The van der Waals surface area contributed by atoms with Gasteiger partial charge in [-0.25, -0.2) is 14.2 Å². The SMILES string of the molecule is CN(C)C(=O)N=c1sc2ccccc2n1C(=O)OCc1ccccc1. The standard InChI is InChI=1S/C18H17N3O3S/c1-20(2)16(22)19-17-21(14-10-6-7-11-15(14)25-17)18(23)24-12-13-8-4-3-5-9-13/h3-11H,12H2,1-2H3. The van der Waals surface area contributed by atoms with Gasteiger partial charge < -0.3 is 9.64 Å². The Morgan fingerprint density at radius 2 is 1.76 bits per heavy atom. The molecule has 25 heavy (non-hydrogen) atoms. The summed E-state index contributed by atoms with van der Waals surface area (Å²) in [5.74, 6) is 0. The fourth-order valence-corrected chi connectivity index (χ4v) is 3.19. The Morgan fingerprint density at radius 1 is 1.08 bits per heavy atom. The van der Waals surface area contributed by atoms with E-state index in [0.29, 0.717) is 5.52 Å². The summed E-state index contributed by atoms with van der Waals surface area (Å²) in [4.78, 5) is 30.3. The van der Waals surface area contributed by atoms with Gasteiger partial charge >= 0.3 is 12.1 Å². The lowest BCUT2D eigenvalue weighted by atomic mass is 10.2. The number of thiazole rings is 1. The number of rotatable bonds is 2. The van der Waals surface area contributed by atoms with Gasteiger partial charge in [-0.2, -0.15) is 4.99 Å². The second-order valence-electron chi connectivity index (χ2n) is 5.52. The Hall–Kier alpha value is -2.93. The molecule has 3 rings (SSSR count). The largest absolute Gasteiger partial charge is 0.444 e. The minimum atomic E-state index is -0.563. The second kappa shape index (κ2) is 7.31. The molecule has 6 nitrogen and oxygen atoms in total. The van der Waals surface area contributed by atoms with Gasteiger partial charge in [-0.15, -0.1) is 0 Å². The van der Waals surface area contributed by atoms with E-state index in [4.69, 9.17) is 4.74 Å². The van der Waals surface area contributed by atoms with Crippen LogP contribution in [0.4, 0.5) is 9.59 Å². The first-order chi connectivity index (χ1) is 12.1. The number of amides is 2. The number of hydrogen-bond donors (Lipinski definition) is 0. The lowest BCUT2D eigenvalue weighted by molar-refractivity contribution is 0.141. The predicted molar refractivity (Wildman–Crippen MR) is 96.5 cm³/mol. The average Bonchev–Trinajstić information content (AvgIpc) is 2.98. The third kappa shape index (κ3) is 3.77. The van der Waals surface area contributed by atoms with Crippen LogP contribution in [-0.4, -0.2) is 35.7 Å². The van der Waals surface area contributed by atoms with Crippen molar-refractivity contribution < 1.29 is 14.3 Å². The van der Waals surface area contributed by atoms with E-state index in [-0.39, 0.29) is 11.4 Å². The molecule has 2 amide bonds. The fourth-order valence-electron chi connectivity index (χ4n) is 2.19. The first kappa shape index (κ1) is 16.9. The zero-order chi connectivity index (χ0) is 17.8. The number of fused-ring (bicyclic) bond motifs is 1. The average molecular weight is 355 g/mol. The summed E-state index contributed by atoms with van der Waals surface area (Å²) in [6.07, 6.45) is -0.563. The summed E-state index contributed by atoms with van der Waals surface area (Å²) in [5.41, 5.74) is 1.55. The van der Waals surface area contributed by atoms with Gasteiger partial charge in [0.05, 0.1) is 10.2 Å². The summed E-state index contributed by atoms with van der Waals surface area (Å²) < 4.78 is 7.60. The molecule has 0 aliphatic rings. The summed E-state index contributed by atoms with van der Waals surface area (Å²) in [6, 6.07) is 16.4. The highest BCUT2D eigenvalue weighted by Crippen LogP contribution is 2.17. The van der Waals surface area contributed by atoms with Crippen molar-refractivity contribution in [2.24, 2.45) is 4.99 Å². The fraction of sp³-hybridized carbons (Fsp3) is 0.167. The molecule has 128 valence electrons. The van der Waals surface area contributed by atoms with E-state index in [1.54, 1.807) is 20.2 Å². The Balaban J connectivity index is 1.98. The van der Waals surface area contributed by atoms with Crippen LogP contribution >= 0.6 is 11.3 Å². The molecule has 0 bridgehead atoms. The van der Waals surface area contributed by atoms with Crippen LogP contribution in [0.2, 0.25) is 0 Å². The second-order valence-corrected chi connectivity index (χ2v) is 6.53. The third-order valence-corrected chi connectivity index (χ3v) is 4.48. The molecular formula is C18H17N3O3S. The lowest BCUT2D eigenvalue weighted by Crippen LogP contribution is -2.27. The number of hydrogen-bond acceptors (Lipinski definition) is 4. The van der Waals surface area contributed by atoms with E-state index in [1.807, 2.05) is 48.5 Å². The van der Waals surface area contributed by atoms with Crippen LogP contribution in [0.15, 0.2) is 59.6 Å². The topological polar surface area (TPSA) is 63.9 Å². The predicted octanol–water partition coefficient (Wildman–Crippen LogP) is 3.47. The molecule has 0 saturated heterocycles. The van der Waals surface area contributed by atoms with Crippen molar-refractivity contribution >= 4 is 33.7 Å². The Kier molecular flexibility index (Phi) is 4.95. The molecule has 0 saturated carbocycles. The highest BCUT2D eigenvalue weighted by Gasteiger charge is 2.15. The van der Waals surface area contributed by atoms with Gasteiger partial charge in [0, 0.05) is 14.1 Å². The summed E-state index contributed by atoms with van der Waals surface area (Å²) in [5, 5.41) is 0. The number of benzene rings is 2. The molecule has 0 N–H and O–H groups in total. The Morgan fingerprint density at radius 3 is 2.48 bits per heavy atom. The lowest BCUT2D eigenvalue weighted by Gasteiger charge is -2.07. The van der Waals surface area contributed by atoms with Gasteiger partial charge in [0.15, 0.2) is 0 Å². The van der Waals surface area contributed by atoms with Crippen LogP contribution in [0.5, 0.6) is 0 Å². The number of nitrogens with zero attached hydrogens (tertiary/aromatic N) is 3. The van der Waals surface area contributed by atoms with Gasteiger partial charge in [0.1, 0.15) is 6.61 Å². The molecule has 1 aromatic heterocycles. The third-order valence-electron chi connectivity index (χ3n) is 3.46. The zero-order valence-electron chi connectivity index (χ0n) is 13.9. The monoisotopic (exact) mass is 355 g/mol. The van der Waals surface area contributed by atoms with E-state index in [1.165, 1.54) is 20.8 Å². The van der Waals surface area contributed by atoms with Gasteiger partial charge in [-0.1, -0.05) is 53.8 Å². The molecule has 0 aliphatic heterocycles. The molecule has 0 unspecified atom stereocenters. The van der Waals surface area contributed by atoms with Crippen LogP contribution in [-0.2, 0) is 11.3 Å². The van der Waals surface area contributed by atoms with E-state index < -0.39 is 12.1 Å². The number of carbonyl (C=O) groups is 2. The highest BCUT2D eigenvalue weighted by molar-refractivity contribution is 7.16. The highest BCUT2D eigenvalue weighted by atomic mass is 32.1. The van der Waals surface area contributed by atoms with Crippen LogP contribution in [0.1, 0.15) is 5.56 Å². The summed E-state index contributed by atoms with van der Waals surface area (Å²) in [6.45, 7) is 0.151. The number of urea groups is 1. The van der Waals surface area contributed by atoms with Crippen LogP contribution in [0.25, 0.3) is 10.2 Å². The molecule has 1 heterocycles. The molecule has 0 radical (unpaired) electrons. The molecular weight excluding hydrogens is 338 g/mol. The first-order valence-electron chi connectivity index (χ1n) is 7.64. The van der Waals surface area contributed by atoms with Crippen molar-refractivity contribution in [3.05, 3.63) is 65.0 Å². The molecule has 7 heteroatoms. The molecule has 3 aromatic rings. The van der Waals surface area contributed by atoms with E-state index in [9.17, 15) is 9.59 Å². The van der Waals surface area contributed by atoms with E-state index >= 15 is 0 Å². The van der Waals surface area contributed by atoms with Gasteiger partial charge in [0.25, 0.3) is 0 Å². The van der Waals surface area contributed by atoms with Crippen molar-refractivity contribution in [2.45, 2.75) is 6.61 Å². The summed E-state index contributed by atoms with van der Waals surface area (Å²) >= 11 is 1.27. The normalized spacial score (nSPS) is 11.5. The van der Waals surface area contributed by atoms with Crippen molar-refractivity contribution in [3.63, 3.8) is 0 Å². The molecule has 0 fully saturated rings. The molecule has 0 atom stereocenters. The van der Waals surface area contributed by atoms with Gasteiger partial charge in [-0.3, -0.25) is 0 Å². The van der Waals surface area contributed by atoms with Crippen molar-refractivity contribution in [3.8, 4) is 0 Å². The number of ether oxygens (including phenoxy) is 1. The van der Waals surface area contributed by atoms with Crippen LogP contribution in [0, 0.1) is 0 Å². The smallest absolute Gasteiger partial charge is 0.421 e. The minimum absolute atomic E-state index is 0.151. The molecule has 0 spiro atoms. The van der Waals surface area contributed by atoms with Crippen molar-refractivity contribution in [1.29, 1.82) is 0 Å². The first-order valence-corrected chi connectivity index (χ1v) is 8.45. The van der Waals surface area contributed by atoms with Crippen molar-refractivity contribution in [2.75, 3.05) is 14.1 Å². The Labute approximate surface area is 148 Å². The number of para-hydroxylation sites is 1. The van der Waals surface area contributed by atoms with Gasteiger partial charge in [-0.05, 0) is 17.7 Å². The molecule has 2 aromatic carbocycles. The quantitative estimate of drug-likeness (QED) is 0.707. The maximum Gasteiger partial charge on any atom is 0.421 e.